The largest absolute Gasteiger partial charge is 0.378 e. The molecule has 2 aromatic heterocycles. The van der Waals surface area contributed by atoms with Crippen LogP contribution in [0.2, 0.25) is 0 Å². The van der Waals surface area contributed by atoms with Crippen LogP contribution in [0.5, 0.6) is 0 Å². The quantitative estimate of drug-likeness (QED) is 0.326. The summed E-state index contributed by atoms with van der Waals surface area (Å²) >= 11 is 3.04. The third-order valence-corrected chi connectivity index (χ3v) is 5.74. The number of benzene rings is 1. The van der Waals surface area contributed by atoms with E-state index in [9.17, 15) is 5.26 Å². The van der Waals surface area contributed by atoms with Gasteiger partial charge in [0.2, 0.25) is 0 Å². The van der Waals surface area contributed by atoms with Gasteiger partial charge in [0, 0.05) is 42.3 Å². The van der Waals surface area contributed by atoms with E-state index in [4.69, 9.17) is 0 Å². The summed E-state index contributed by atoms with van der Waals surface area (Å²) in [6.07, 6.45) is 1.88. The molecular weight excluding hydrogens is 386 g/mol. The second-order valence-corrected chi connectivity index (χ2v) is 8.32. The lowest BCUT2D eigenvalue weighted by Crippen LogP contribution is -2.07. The molecule has 0 bridgehead atoms. The van der Waals surface area contributed by atoms with E-state index >= 15 is 0 Å². The highest BCUT2D eigenvalue weighted by Crippen LogP contribution is 2.26. The van der Waals surface area contributed by atoms with Gasteiger partial charge < -0.3 is 4.90 Å². The summed E-state index contributed by atoms with van der Waals surface area (Å²) in [5.74, 6) is 0.676. The molecule has 0 amide bonds. The van der Waals surface area contributed by atoms with Gasteiger partial charge in [-0.05, 0) is 43.7 Å². The number of nitriles is 1. The minimum Gasteiger partial charge on any atom is -0.378 e. The Hall–Kier alpha value is -2.69. The molecule has 142 valence electrons. The van der Waals surface area contributed by atoms with Crippen LogP contribution in [0.1, 0.15) is 27.7 Å². The average Bonchev–Trinajstić information content (AvgIpc) is 3.13. The monoisotopic (exact) mass is 407 g/mol. The van der Waals surface area contributed by atoms with Gasteiger partial charge in [-0.15, -0.1) is 11.3 Å². The van der Waals surface area contributed by atoms with Gasteiger partial charge in [-0.1, -0.05) is 23.9 Å². The molecule has 0 fully saturated rings. The zero-order valence-electron chi connectivity index (χ0n) is 16.3. The van der Waals surface area contributed by atoms with Gasteiger partial charge in [0.25, 0.3) is 0 Å². The van der Waals surface area contributed by atoms with Crippen molar-refractivity contribution in [3.05, 3.63) is 63.4 Å². The lowest BCUT2D eigenvalue weighted by Gasteiger charge is -2.11. The maximum atomic E-state index is 9.58. The molecule has 5 nitrogen and oxygen atoms in total. The Bertz CT molecular complexity index is 1010. The van der Waals surface area contributed by atoms with Crippen LogP contribution in [0.3, 0.4) is 0 Å². The molecule has 3 rings (SSSR count). The van der Waals surface area contributed by atoms with Crippen LogP contribution >= 0.6 is 23.1 Å². The second kappa shape index (κ2) is 9.00. The van der Waals surface area contributed by atoms with Crippen LogP contribution in [0.15, 0.2) is 40.9 Å². The summed E-state index contributed by atoms with van der Waals surface area (Å²) in [4.78, 5) is 15.6. The van der Waals surface area contributed by atoms with E-state index in [-0.39, 0.29) is 0 Å². The van der Waals surface area contributed by atoms with E-state index in [2.05, 4.69) is 21.0 Å². The molecule has 0 radical (unpaired) electrons. The molecule has 0 saturated heterocycles. The molecule has 0 aliphatic rings. The molecule has 0 unspecified atom stereocenters. The minimum absolute atomic E-state index is 0.571. The summed E-state index contributed by atoms with van der Waals surface area (Å²) < 4.78 is 0. The first-order valence-electron chi connectivity index (χ1n) is 8.73. The molecular formula is C21H21N5S2. The number of aryl methyl sites for hydroxylation is 2. The molecule has 0 N–H and O–H groups in total. The third kappa shape index (κ3) is 5.18. The van der Waals surface area contributed by atoms with Crippen LogP contribution in [0, 0.1) is 25.2 Å². The predicted molar refractivity (Wildman–Crippen MR) is 117 cm³/mol. The molecule has 0 atom stereocenters. The number of hydrogen-bond acceptors (Lipinski definition) is 7. The summed E-state index contributed by atoms with van der Waals surface area (Å²) in [7, 11) is 4.01. The first kappa shape index (κ1) is 20.1. The Kier molecular flexibility index (Phi) is 6.45. The van der Waals surface area contributed by atoms with Crippen molar-refractivity contribution in [2.45, 2.75) is 24.8 Å². The second-order valence-electron chi connectivity index (χ2n) is 6.52. The topological polar surface area (TPSA) is 65.7 Å². The molecule has 2 heterocycles. The zero-order valence-corrected chi connectivity index (χ0v) is 17.9. The minimum atomic E-state index is 0.571. The SMILES string of the molecule is Cc1cc(C)nc(SCc2csc(/C(C#N)=C/c3ccc(N(C)C)cc3)n2)n1. The highest BCUT2D eigenvalue weighted by molar-refractivity contribution is 7.98. The van der Waals surface area contributed by atoms with E-state index in [0.717, 1.165) is 38.5 Å². The zero-order chi connectivity index (χ0) is 20.1. The van der Waals surface area contributed by atoms with Crippen molar-refractivity contribution in [2.75, 3.05) is 19.0 Å². The Morgan fingerprint density at radius 3 is 2.43 bits per heavy atom. The van der Waals surface area contributed by atoms with E-state index in [0.29, 0.717) is 11.3 Å². The number of thioether (sulfide) groups is 1. The first-order valence-corrected chi connectivity index (χ1v) is 10.6. The Morgan fingerprint density at radius 1 is 1.14 bits per heavy atom. The molecule has 0 aliphatic carbocycles. The molecule has 28 heavy (non-hydrogen) atoms. The fourth-order valence-electron chi connectivity index (χ4n) is 2.57. The van der Waals surface area contributed by atoms with Crippen LogP contribution in [-0.4, -0.2) is 29.0 Å². The smallest absolute Gasteiger partial charge is 0.188 e. The number of aromatic nitrogens is 3. The maximum Gasteiger partial charge on any atom is 0.188 e. The van der Waals surface area contributed by atoms with Crippen molar-refractivity contribution in [1.29, 1.82) is 5.26 Å². The molecule has 0 aliphatic heterocycles. The van der Waals surface area contributed by atoms with Gasteiger partial charge in [-0.3, -0.25) is 0 Å². The van der Waals surface area contributed by atoms with Gasteiger partial charge in [-0.25, -0.2) is 15.0 Å². The molecule has 1 aromatic carbocycles. The number of allylic oxidation sites excluding steroid dienone is 1. The van der Waals surface area contributed by atoms with Gasteiger partial charge in [0.1, 0.15) is 11.1 Å². The van der Waals surface area contributed by atoms with Crippen molar-refractivity contribution in [2.24, 2.45) is 0 Å². The standard InChI is InChI=1S/C21H21N5S2/c1-14-9-15(2)24-21(23-14)28-13-18-12-27-20(25-18)17(11-22)10-16-5-7-19(8-6-16)26(3)4/h5-10,12H,13H2,1-4H3/b17-10+. The number of thiazole rings is 1. The van der Waals surface area contributed by atoms with E-state index in [1.165, 1.54) is 11.3 Å². The number of rotatable bonds is 6. The fraction of sp³-hybridized carbons (Fsp3) is 0.238. The van der Waals surface area contributed by atoms with Crippen LogP contribution in [-0.2, 0) is 5.75 Å². The number of hydrogen-bond donors (Lipinski definition) is 0. The van der Waals surface area contributed by atoms with Crippen LogP contribution in [0.4, 0.5) is 5.69 Å². The first-order chi connectivity index (χ1) is 13.4. The number of anilines is 1. The fourth-order valence-corrected chi connectivity index (χ4v) is 4.30. The Labute approximate surface area is 173 Å². The predicted octanol–water partition coefficient (Wildman–Crippen LogP) is 4.97. The summed E-state index contributed by atoms with van der Waals surface area (Å²) in [5.41, 5.74) is 5.53. The molecule has 3 aromatic rings. The molecule has 7 heteroatoms. The molecule has 0 spiro atoms. The Balaban J connectivity index is 1.72. The van der Waals surface area contributed by atoms with Crippen LogP contribution < -0.4 is 4.90 Å². The summed E-state index contributed by atoms with van der Waals surface area (Å²) in [6.45, 7) is 3.93. The van der Waals surface area contributed by atoms with Crippen LogP contribution in [0.25, 0.3) is 11.6 Å². The van der Waals surface area contributed by atoms with Crippen molar-refractivity contribution in [1.82, 2.24) is 15.0 Å². The lowest BCUT2D eigenvalue weighted by atomic mass is 10.1. The van der Waals surface area contributed by atoms with Gasteiger partial charge in [-0.2, -0.15) is 5.26 Å². The highest BCUT2D eigenvalue weighted by Gasteiger charge is 2.09. The highest BCUT2D eigenvalue weighted by atomic mass is 32.2. The van der Waals surface area contributed by atoms with E-state index < -0.39 is 0 Å². The third-order valence-electron chi connectivity index (χ3n) is 3.93. The molecule has 0 saturated carbocycles. The van der Waals surface area contributed by atoms with Crippen molar-refractivity contribution >= 4 is 40.4 Å². The summed E-state index contributed by atoms with van der Waals surface area (Å²) in [6, 6.07) is 12.3. The van der Waals surface area contributed by atoms with Gasteiger partial charge in [0.05, 0.1) is 11.3 Å². The van der Waals surface area contributed by atoms with E-state index in [1.807, 2.05) is 74.6 Å². The van der Waals surface area contributed by atoms with Crippen molar-refractivity contribution < 1.29 is 0 Å². The average molecular weight is 408 g/mol. The lowest BCUT2D eigenvalue weighted by molar-refractivity contribution is 0.901. The van der Waals surface area contributed by atoms with Gasteiger partial charge in [0.15, 0.2) is 5.16 Å². The summed E-state index contributed by atoms with van der Waals surface area (Å²) in [5, 5.41) is 13.1. The van der Waals surface area contributed by atoms with Gasteiger partial charge >= 0.3 is 0 Å². The van der Waals surface area contributed by atoms with Crippen molar-refractivity contribution in [3.63, 3.8) is 0 Å². The Morgan fingerprint density at radius 2 is 1.82 bits per heavy atom. The number of nitrogens with zero attached hydrogens (tertiary/aromatic N) is 5. The maximum absolute atomic E-state index is 9.58. The van der Waals surface area contributed by atoms with E-state index in [1.54, 1.807) is 11.8 Å². The normalized spacial score (nSPS) is 11.3. The van der Waals surface area contributed by atoms with Crippen molar-refractivity contribution in [3.8, 4) is 6.07 Å².